The summed E-state index contributed by atoms with van der Waals surface area (Å²) in [6.07, 6.45) is 1.75. The SMILES string of the molecule is COc1ccc(C(=O)C2C(c3ccc([N+](=O)[O-])cc3)C3CCCN3[C@@]23C(=O)Nc2ccccc23)cc1. The molecule has 8 heteroatoms. The average Bonchev–Trinajstić information content (AvgIpc) is 3.57. The van der Waals surface area contributed by atoms with E-state index in [-0.39, 0.29) is 29.3 Å². The molecule has 3 unspecified atom stereocenters. The van der Waals surface area contributed by atoms with Crippen molar-refractivity contribution in [3.05, 3.63) is 99.6 Å². The Kier molecular flexibility index (Phi) is 5.15. The quantitative estimate of drug-likeness (QED) is 0.325. The molecule has 3 aliphatic heterocycles. The van der Waals surface area contributed by atoms with Crippen molar-refractivity contribution in [2.75, 3.05) is 19.0 Å². The molecule has 3 aromatic rings. The fourth-order valence-corrected chi connectivity index (χ4v) is 6.64. The van der Waals surface area contributed by atoms with Gasteiger partial charge in [0.15, 0.2) is 5.78 Å². The molecule has 0 radical (unpaired) electrons. The minimum atomic E-state index is -1.15. The van der Waals surface area contributed by atoms with Crippen LogP contribution in [0.2, 0.25) is 0 Å². The number of carbonyl (C=O) groups is 2. The second-order valence-corrected chi connectivity index (χ2v) is 9.61. The molecule has 1 spiro atoms. The minimum Gasteiger partial charge on any atom is -0.497 e. The van der Waals surface area contributed by atoms with Gasteiger partial charge in [-0.15, -0.1) is 0 Å². The van der Waals surface area contributed by atoms with Crippen molar-refractivity contribution >= 4 is 23.1 Å². The highest BCUT2D eigenvalue weighted by molar-refractivity contribution is 6.12. The zero-order chi connectivity index (χ0) is 25.0. The number of methoxy groups -OCH3 is 1. The highest BCUT2D eigenvalue weighted by Gasteiger charge is 2.69. The third kappa shape index (κ3) is 3.04. The Bertz CT molecular complexity index is 1370. The number of benzene rings is 3. The van der Waals surface area contributed by atoms with Crippen LogP contribution in [0.15, 0.2) is 72.8 Å². The second kappa shape index (κ2) is 8.27. The van der Waals surface area contributed by atoms with Gasteiger partial charge in [0.25, 0.3) is 5.69 Å². The number of rotatable bonds is 5. The standard InChI is InChI=1S/C28H25N3O5/c1-36-20-14-10-18(11-15-20)26(32)25-24(17-8-12-19(13-9-17)31(34)35)23-7-4-16-30(23)28(25)21-5-2-3-6-22(21)29-27(28)33/h2-3,5-6,8-15,23-25H,4,7,16H2,1H3,(H,29,33)/t23?,24?,25?,28-/m1/s1. The molecule has 0 saturated carbocycles. The van der Waals surface area contributed by atoms with Crippen LogP contribution in [0.3, 0.4) is 0 Å². The predicted molar refractivity (Wildman–Crippen MR) is 133 cm³/mol. The van der Waals surface area contributed by atoms with Gasteiger partial charge >= 0.3 is 0 Å². The summed E-state index contributed by atoms with van der Waals surface area (Å²) in [4.78, 5) is 41.4. The van der Waals surface area contributed by atoms with Gasteiger partial charge in [0, 0.05) is 40.9 Å². The Hall–Kier alpha value is -4.04. The summed E-state index contributed by atoms with van der Waals surface area (Å²) in [5, 5.41) is 14.3. The molecule has 1 amide bonds. The molecule has 4 atom stereocenters. The van der Waals surface area contributed by atoms with Crippen molar-refractivity contribution in [2.45, 2.75) is 30.3 Å². The van der Waals surface area contributed by atoms with Gasteiger partial charge in [-0.05, 0) is 55.3 Å². The topological polar surface area (TPSA) is 102 Å². The number of non-ortho nitro benzene ring substituents is 1. The van der Waals surface area contributed by atoms with Gasteiger partial charge in [-0.3, -0.25) is 24.6 Å². The van der Waals surface area contributed by atoms with Crippen molar-refractivity contribution in [1.29, 1.82) is 0 Å². The number of ether oxygens (including phenoxy) is 1. The third-order valence-corrected chi connectivity index (χ3v) is 8.05. The summed E-state index contributed by atoms with van der Waals surface area (Å²) in [7, 11) is 1.57. The molecule has 0 aromatic heterocycles. The summed E-state index contributed by atoms with van der Waals surface area (Å²) in [5.41, 5.74) is 1.73. The first-order chi connectivity index (χ1) is 17.5. The van der Waals surface area contributed by atoms with E-state index < -0.39 is 16.4 Å². The van der Waals surface area contributed by atoms with E-state index in [9.17, 15) is 19.7 Å². The molecule has 0 aliphatic carbocycles. The molecular formula is C28H25N3O5. The number of amides is 1. The van der Waals surface area contributed by atoms with Crippen LogP contribution in [0.5, 0.6) is 5.75 Å². The number of anilines is 1. The molecular weight excluding hydrogens is 458 g/mol. The molecule has 6 rings (SSSR count). The van der Waals surface area contributed by atoms with Crippen molar-refractivity contribution in [3.63, 3.8) is 0 Å². The second-order valence-electron chi connectivity index (χ2n) is 9.61. The Morgan fingerprint density at radius 1 is 1.08 bits per heavy atom. The molecule has 3 aliphatic rings. The zero-order valence-electron chi connectivity index (χ0n) is 19.7. The van der Waals surface area contributed by atoms with Crippen LogP contribution >= 0.6 is 0 Å². The minimum absolute atomic E-state index is 0.00303. The first-order valence-corrected chi connectivity index (χ1v) is 12.1. The normalized spacial score (nSPS) is 26.5. The lowest BCUT2D eigenvalue weighted by Gasteiger charge is -2.36. The maximum atomic E-state index is 14.4. The molecule has 2 fully saturated rings. The van der Waals surface area contributed by atoms with Gasteiger partial charge in [-0.25, -0.2) is 0 Å². The van der Waals surface area contributed by atoms with E-state index >= 15 is 0 Å². The van der Waals surface area contributed by atoms with Gasteiger partial charge < -0.3 is 10.1 Å². The van der Waals surface area contributed by atoms with Gasteiger partial charge in [0.05, 0.1) is 18.0 Å². The highest BCUT2D eigenvalue weighted by Crippen LogP contribution is 2.61. The molecule has 182 valence electrons. The lowest BCUT2D eigenvalue weighted by atomic mass is 9.69. The van der Waals surface area contributed by atoms with Crippen molar-refractivity contribution in [2.24, 2.45) is 5.92 Å². The van der Waals surface area contributed by atoms with E-state index in [0.717, 1.165) is 29.7 Å². The van der Waals surface area contributed by atoms with E-state index in [2.05, 4.69) is 10.2 Å². The summed E-state index contributed by atoms with van der Waals surface area (Å²) < 4.78 is 5.27. The first kappa shape index (κ1) is 22.4. The number of para-hydroxylation sites is 1. The summed E-state index contributed by atoms with van der Waals surface area (Å²) in [5.74, 6) is -0.681. The molecule has 36 heavy (non-hydrogen) atoms. The number of hydrogen-bond donors (Lipinski definition) is 1. The molecule has 0 bridgehead atoms. The van der Waals surface area contributed by atoms with Gasteiger partial charge in [-0.1, -0.05) is 30.3 Å². The number of nitro benzene ring substituents is 1. The maximum absolute atomic E-state index is 14.4. The van der Waals surface area contributed by atoms with E-state index in [0.29, 0.717) is 17.9 Å². The first-order valence-electron chi connectivity index (χ1n) is 12.1. The smallest absolute Gasteiger partial charge is 0.269 e. The molecule has 8 nitrogen and oxygen atoms in total. The Morgan fingerprint density at radius 3 is 2.50 bits per heavy atom. The number of Topliss-reactive ketones (excluding diaryl/α,β-unsaturated/α-hetero) is 1. The van der Waals surface area contributed by atoms with E-state index in [1.54, 1.807) is 43.5 Å². The molecule has 1 N–H and O–H groups in total. The fourth-order valence-electron chi connectivity index (χ4n) is 6.64. The van der Waals surface area contributed by atoms with Crippen LogP contribution in [-0.4, -0.2) is 41.2 Å². The van der Waals surface area contributed by atoms with Gasteiger partial charge in [0.2, 0.25) is 5.91 Å². The molecule has 2 saturated heterocycles. The van der Waals surface area contributed by atoms with Crippen molar-refractivity contribution < 1.29 is 19.2 Å². The number of carbonyl (C=O) groups excluding carboxylic acids is 2. The monoisotopic (exact) mass is 483 g/mol. The van der Waals surface area contributed by atoms with E-state index in [1.165, 1.54) is 12.1 Å². The number of fused-ring (bicyclic) bond motifs is 4. The fraction of sp³-hybridized carbons (Fsp3) is 0.286. The largest absolute Gasteiger partial charge is 0.497 e. The van der Waals surface area contributed by atoms with Gasteiger partial charge in [0.1, 0.15) is 11.3 Å². The summed E-state index contributed by atoms with van der Waals surface area (Å²) in [6, 6.07) is 21.0. The number of nitro groups is 1. The van der Waals surface area contributed by atoms with Crippen molar-refractivity contribution in [1.82, 2.24) is 4.90 Å². The van der Waals surface area contributed by atoms with Gasteiger partial charge in [-0.2, -0.15) is 0 Å². The number of nitrogens with one attached hydrogen (secondary N) is 1. The lowest BCUT2D eigenvalue weighted by molar-refractivity contribution is -0.384. The van der Waals surface area contributed by atoms with E-state index in [4.69, 9.17) is 4.74 Å². The molecule has 3 aromatic carbocycles. The van der Waals surface area contributed by atoms with Crippen LogP contribution < -0.4 is 10.1 Å². The Labute approximate surface area is 208 Å². The van der Waals surface area contributed by atoms with Crippen LogP contribution in [0.25, 0.3) is 0 Å². The third-order valence-electron chi connectivity index (χ3n) is 8.05. The molecule has 3 heterocycles. The summed E-state index contributed by atoms with van der Waals surface area (Å²) in [6.45, 7) is 0.697. The zero-order valence-corrected chi connectivity index (χ0v) is 19.7. The van der Waals surface area contributed by atoms with Crippen molar-refractivity contribution in [3.8, 4) is 5.75 Å². The van der Waals surface area contributed by atoms with Crippen LogP contribution in [0.1, 0.15) is 40.2 Å². The Morgan fingerprint density at radius 2 is 1.81 bits per heavy atom. The Balaban J connectivity index is 1.56. The number of nitrogens with zero attached hydrogens (tertiary/aromatic N) is 2. The van der Waals surface area contributed by atoms with Crippen LogP contribution in [0.4, 0.5) is 11.4 Å². The average molecular weight is 484 g/mol. The summed E-state index contributed by atoms with van der Waals surface area (Å²) >= 11 is 0. The number of hydrogen-bond acceptors (Lipinski definition) is 6. The predicted octanol–water partition coefficient (Wildman–Crippen LogP) is 4.51. The maximum Gasteiger partial charge on any atom is 0.269 e. The van der Waals surface area contributed by atoms with Crippen LogP contribution in [0, 0.1) is 16.0 Å². The van der Waals surface area contributed by atoms with Crippen LogP contribution in [-0.2, 0) is 10.3 Å². The van der Waals surface area contributed by atoms with E-state index in [1.807, 2.05) is 24.3 Å². The lowest BCUT2D eigenvalue weighted by Crippen LogP contribution is -2.52. The highest BCUT2D eigenvalue weighted by atomic mass is 16.6. The number of ketones is 1.